The van der Waals surface area contributed by atoms with Crippen molar-refractivity contribution in [2.24, 2.45) is 0 Å². The molecule has 196 valence electrons. The van der Waals surface area contributed by atoms with E-state index in [9.17, 15) is 14.4 Å². The molecule has 0 fully saturated rings. The second-order valence-electron chi connectivity index (χ2n) is 8.48. The lowest BCUT2D eigenvalue weighted by molar-refractivity contribution is -0.161. The Balaban J connectivity index is 1.98. The summed E-state index contributed by atoms with van der Waals surface area (Å²) < 4.78 is 16.1. The van der Waals surface area contributed by atoms with E-state index in [2.05, 4.69) is 13.2 Å². The van der Waals surface area contributed by atoms with Crippen LogP contribution in [0.3, 0.4) is 0 Å². The molecule has 7 nitrogen and oxygen atoms in total. The van der Waals surface area contributed by atoms with Crippen molar-refractivity contribution in [1.82, 2.24) is 0 Å². The predicted molar refractivity (Wildman–Crippen MR) is 141 cm³/mol. The summed E-state index contributed by atoms with van der Waals surface area (Å²) in [5.41, 5.74) is 2.69. The number of carbonyl (C=O) groups is 3. The summed E-state index contributed by atoms with van der Waals surface area (Å²) in [6, 6.07) is 18.9. The van der Waals surface area contributed by atoms with Crippen LogP contribution in [0.1, 0.15) is 37.3 Å². The highest BCUT2D eigenvalue weighted by molar-refractivity contribution is 5.93. The fraction of sp³-hybridized carbons (Fsp3) is 0.300. The molecule has 37 heavy (non-hydrogen) atoms. The molecule has 1 atom stereocenters. The van der Waals surface area contributed by atoms with Gasteiger partial charge in [0.1, 0.15) is 13.2 Å². The molecular weight excluding hydrogens is 472 g/mol. The first-order chi connectivity index (χ1) is 17.8. The highest BCUT2D eigenvalue weighted by Crippen LogP contribution is 2.13. The van der Waals surface area contributed by atoms with Gasteiger partial charge in [-0.25, -0.2) is 14.4 Å². The Morgan fingerprint density at radius 1 is 0.838 bits per heavy atom. The van der Waals surface area contributed by atoms with Crippen LogP contribution in [0.25, 0.3) is 6.08 Å². The lowest BCUT2D eigenvalue weighted by atomic mass is 10.1. The molecule has 0 radical (unpaired) electrons. The number of esters is 3. The highest BCUT2D eigenvalue weighted by atomic mass is 16.6. The van der Waals surface area contributed by atoms with Gasteiger partial charge >= 0.3 is 17.9 Å². The van der Waals surface area contributed by atoms with Crippen LogP contribution in [-0.2, 0) is 35.0 Å². The Hall–Kier alpha value is -3.97. The van der Waals surface area contributed by atoms with E-state index in [1.807, 2.05) is 60.7 Å². The Bertz CT molecular complexity index is 1090. The van der Waals surface area contributed by atoms with E-state index < -0.39 is 24.0 Å². The maximum atomic E-state index is 12.7. The molecule has 0 heterocycles. The molecule has 7 heteroatoms. The van der Waals surface area contributed by atoms with Crippen molar-refractivity contribution < 1.29 is 33.7 Å². The van der Waals surface area contributed by atoms with Crippen molar-refractivity contribution in [3.05, 3.63) is 102 Å². The molecule has 0 aliphatic heterocycles. The van der Waals surface area contributed by atoms with Gasteiger partial charge in [-0.15, -0.1) is 0 Å². The van der Waals surface area contributed by atoms with Gasteiger partial charge in [0.15, 0.2) is 6.10 Å². The molecule has 0 aromatic heterocycles. The first kappa shape index (κ1) is 29.3. The summed E-state index contributed by atoms with van der Waals surface area (Å²) in [7, 11) is 0. The Morgan fingerprint density at radius 2 is 1.41 bits per heavy atom. The summed E-state index contributed by atoms with van der Waals surface area (Å²) in [5, 5.41) is 8.93. The fourth-order valence-electron chi connectivity index (χ4n) is 3.20. The van der Waals surface area contributed by atoms with Crippen LogP contribution in [0.2, 0.25) is 0 Å². The number of rotatable bonds is 15. The van der Waals surface area contributed by atoms with Crippen LogP contribution in [-0.4, -0.2) is 48.9 Å². The molecule has 0 saturated heterocycles. The lowest BCUT2D eigenvalue weighted by Crippen LogP contribution is -2.31. The number of ether oxygens (including phenoxy) is 3. The Kier molecular flexibility index (Phi) is 12.6. The molecule has 1 unspecified atom stereocenters. The average molecular weight is 507 g/mol. The van der Waals surface area contributed by atoms with E-state index in [4.69, 9.17) is 19.3 Å². The van der Waals surface area contributed by atoms with Crippen molar-refractivity contribution in [3.8, 4) is 0 Å². The smallest absolute Gasteiger partial charge is 0.333 e. The summed E-state index contributed by atoms with van der Waals surface area (Å²) in [5.74, 6) is -1.93. The summed E-state index contributed by atoms with van der Waals surface area (Å²) >= 11 is 0. The average Bonchev–Trinajstić information content (AvgIpc) is 2.92. The number of aryl methyl sites for hydroxylation is 1. The number of benzene rings is 2. The van der Waals surface area contributed by atoms with Crippen LogP contribution in [0.4, 0.5) is 0 Å². The summed E-state index contributed by atoms with van der Waals surface area (Å²) in [6.45, 7) is 8.36. The largest absolute Gasteiger partial charge is 0.458 e. The van der Waals surface area contributed by atoms with Gasteiger partial charge in [0.25, 0.3) is 0 Å². The lowest BCUT2D eigenvalue weighted by Gasteiger charge is -2.19. The van der Waals surface area contributed by atoms with E-state index in [0.29, 0.717) is 24.8 Å². The minimum absolute atomic E-state index is 0.0799. The number of hydrogen-bond donors (Lipinski definition) is 1. The molecule has 0 aliphatic carbocycles. The van der Waals surface area contributed by atoms with Gasteiger partial charge < -0.3 is 19.3 Å². The maximum Gasteiger partial charge on any atom is 0.333 e. The quantitative estimate of drug-likeness (QED) is 0.214. The number of aliphatic hydroxyl groups is 1. The number of carbonyl (C=O) groups excluding carboxylic acids is 3. The van der Waals surface area contributed by atoms with Gasteiger partial charge in [-0.1, -0.05) is 73.8 Å². The van der Waals surface area contributed by atoms with Gasteiger partial charge in [-0.3, -0.25) is 0 Å². The third-order valence-corrected chi connectivity index (χ3v) is 5.35. The molecule has 0 amide bonds. The molecule has 2 aromatic carbocycles. The van der Waals surface area contributed by atoms with Crippen molar-refractivity contribution >= 4 is 24.0 Å². The zero-order valence-electron chi connectivity index (χ0n) is 21.2. The molecule has 1 N–H and O–H groups in total. The van der Waals surface area contributed by atoms with Crippen molar-refractivity contribution in [2.75, 3.05) is 19.8 Å². The standard InChI is InChI=1S/C30H34O7/c1-22(11-10-18-31)28(32)35-20-27(21-36-29(33)24(3)19-26-14-8-5-9-15-26)37-30(34)23(2)16-17-25-12-6-4-7-13-25/h4-9,12-15,19,27,31H,1-2,10-11,16-18,20-21H2,3H3. The van der Waals surface area contributed by atoms with Crippen molar-refractivity contribution in [3.63, 3.8) is 0 Å². The zero-order chi connectivity index (χ0) is 27.0. The molecule has 0 saturated carbocycles. The third-order valence-electron chi connectivity index (χ3n) is 5.35. The Morgan fingerprint density at radius 3 is 2.03 bits per heavy atom. The van der Waals surface area contributed by atoms with E-state index >= 15 is 0 Å². The third kappa shape index (κ3) is 11.1. The fourth-order valence-corrected chi connectivity index (χ4v) is 3.20. The van der Waals surface area contributed by atoms with Gasteiger partial charge in [0, 0.05) is 23.3 Å². The van der Waals surface area contributed by atoms with E-state index in [1.54, 1.807) is 13.0 Å². The van der Waals surface area contributed by atoms with Crippen LogP contribution in [0.5, 0.6) is 0 Å². The predicted octanol–water partition coefficient (Wildman–Crippen LogP) is 4.61. The first-order valence-electron chi connectivity index (χ1n) is 12.1. The van der Waals surface area contributed by atoms with E-state index in [-0.39, 0.29) is 37.4 Å². The molecule has 2 rings (SSSR count). The van der Waals surface area contributed by atoms with E-state index in [1.165, 1.54) is 0 Å². The number of aliphatic hydroxyl groups excluding tert-OH is 1. The normalized spacial score (nSPS) is 11.8. The van der Waals surface area contributed by atoms with Gasteiger partial charge in [-0.05, 0) is 49.8 Å². The minimum Gasteiger partial charge on any atom is -0.458 e. The topological polar surface area (TPSA) is 99.1 Å². The van der Waals surface area contributed by atoms with Crippen molar-refractivity contribution in [1.29, 1.82) is 0 Å². The highest BCUT2D eigenvalue weighted by Gasteiger charge is 2.22. The zero-order valence-corrected chi connectivity index (χ0v) is 21.2. The van der Waals surface area contributed by atoms with Gasteiger partial charge in [-0.2, -0.15) is 0 Å². The molecule has 0 aliphatic rings. The minimum atomic E-state index is -1.04. The monoisotopic (exact) mass is 506 g/mol. The summed E-state index contributed by atoms with van der Waals surface area (Å²) in [6.07, 6.45) is 2.28. The second kappa shape index (κ2) is 15.9. The van der Waals surface area contributed by atoms with Crippen LogP contribution < -0.4 is 0 Å². The molecule has 0 bridgehead atoms. The van der Waals surface area contributed by atoms with Gasteiger partial charge in [0.2, 0.25) is 0 Å². The van der Waals surface area contributed by atoms with Crippen LogP contribution in [0.15, 0.2) is 90.5 Å². The Labute approximate surface area is 218 Å². The number of hydrogen-bond acceptors (Lipinski definition) is 7. The SMILES string of the molecule is C=C(CCCO)C(=O)OCC(COC(=O)C(C)=Cc1ccccc1)OC(=O)C(=C)CCc1ccccc1. The van der Waals surface area contributed by atoms with E-state index in [0.717, 1.165) is 11.1 Å². The maximum absolute atomic E-state index is 12.7. The molecule has 0 spiro atoms. The molecular formula is C30H34O7. The second-order valence-corrected chi connectivity index (χ2v) is 8.48. The van der Waals surface area contributed by atoms with Crippen LogP contribution >= 0.6 is 0 Å². The summed E-state index contributed by atoms with van der Waals surface area (Å²) in [4.78, 5) is 37.4. The van der Waals surface area contributed by atoms with Gasteiger partial charge in [0.05, 0.1) is 0 Å². The molecule has 2 aromatic rings. The van der Waals surface area contributed by atoms with Crippen LogP contribution in [0, 0.1) is 0 Å². The first-order valence-corrected chi connectivity index (χ1v) is 12.1. The van der Waals surface area contributed by atoms with Crippen molar-refractivity contribution in [2.45, 2.75) is 38.7 Å².